The van der Waals surface area contributed by atoms with Gasteiger partial charge in [0.15, 0.2) is 0 Å². The molecular weight excluding hydrogens is 326 g/mol. The Morgan fingerprint density at radius 2 is 1.85 bits per heavy atom. The van der Waals surface area contributed by atoms with Crippen molar-refractivity contribution in [3.05, 3.63) is 84.2 Å². The van der Waals surface area contributed by atoms with Crippen LogP contribution in [0.15, 0.2) is 67.5 Å². The van der Waals surface area contributed by atoms with Gasteiger partial charge in [-0.25, -0.2) is 0 Å². The second-order valence-corrected chi connectivity index (χ2v) is 6.01. The number of likely N-dealkylation sites (N-methyl/N-ethyl adjacent to an activating group) is 1. The molecule has 0 saturated heterocycles. The van der Waals surface area contributed by atoms with Gasteiger partial charge in [0.1, 0.15) is 0 Å². The van der Waals surface area contributed by atoms with Crippen molar-refractivity contribution in [3.8, 4) is 0 Å². The minimum Gasteiger partial charge on any atom is -0.380 e. The number of carbonyl (C=O) groups excluding carboxylic acids is 1. The molecule has 0 fully saturated rings. The van der Waals surface area contributed by atoms with Crippen LogP contribution in [-0.2, 0) is 13.0 Å². The van der Waals surface area contributed by atoms with Crippen molar-refractivity contribution in [2.24, 2.45) is 0 Å². The molecular formula is C20H21N5O. The maximum atomic E-state index is 12.6. The summed E-state index contributed by atoms with van der Waals surface area (Å²) in [7, 11) is 1.80. The number of nitrogens with zero attached hydrogens (tertiary/aromatic N) is 4. The molecule has 1 amide bonds. The molecule has 132 valence electrons. The first-order valence-electron chi connectivity index (χ1n) is 8.44. The molecule has 3 aromatic rings. The molecule has 0 aliphatic carbocycles. The van der Waals surface area contributed by atoms with Crippen LogP contribution in [0, 0.1) is 0 Å². The Hall–Kier alpha value is -3.28. The van der Waals surface area contributed by atoms with E-state index in [1.54, 1.807) is 42.9 Å². The van der Waals surface area contributed by atoms with E-state index in [1.165, 1.54) is 0 Å². The zero-order valence-corrected chi connectivity index (χ0v) is 14.7. The van der Waals surface area contributed by atoms with Crippen LogP contribution >= 0.6 is 0 Å². The number of hydrogen-bond donors (Lipinski definition) is 1. The second-order valence-electron chi connectivity index (χ2n) is 6.01. The summed E-state index contributed by atoms with van der Waals surface area (Å²) < 4.78 is 0. The van der Waals surface area contributed by atoms with Gasteiger partial charge < -0.3 is 10.2 Å². The van der Waals surface area contributed by atoms with E-state index in [9.17, 15) is 4.79 Å². The molecule has 3 aromatic heterocycles. The van der Waals surface area contributed by atoms with E-state index in [-0.39, 0.29) is 5.91 Å². The van der Waals surface area contributed by atoms with Crippen LogP contribution in [0.3, 0.4) is 0 Å². The standard InChI is InChI=1S/C20H21N5O/c1-25(10-6-16-4-8-21-9-5-16)20(26)18-11-19(15-23-14-18)24-13-17-3-2-7-22-12-17/h2-5,7-9,11-12,14-15,24H,6,10,13H2,1H3. The number of anilines is 1. The molecule has 0 spiro atoms. The highest BCUT2D eigenvalue weighted by atomic mass is 16.2. The fraction of sp³-hybridized carbons (Fsp3) is 0.200. The number of nitrogens with one attached hydrogen (secondary N) is 1. The number of aromatic nitrogens is 3. The number of hydrogen-bond acceptors (Lipinski definition) is 5. The molecule has 0 aliphatic heterocycles. The number of rotatable bonds is 7. The monoisotopic (exact) mass is 347 g/mol. The average Bonchev–Trinajstić information content (AvgIpc) is 2.71. The van der Waals surface area contributed by atoms with Crippen molar-refractivity contribution in [3.63, 3.8) is 0 Å². The Kier molecular flexibility index (Phi) is 5.88. The molecule has 0 atom stereocenters. The van der Waals surface area contributed by atoms with E-state index < -0.39 is 0 Å². The van der Waals surface area contributed by atoms with Crippen molar-refractivity contribution in [1.82, 2.24) is 19.9 Å². The quantitative estimate of drug-likeness (QED) is 0.712. The van der Waals surface area contributed by atoms with Gasteiger partial charge in [-0.1, -0.05) is 6.07 Å². The summed E-state index contributed by atoms with van der Waals surface area (Å²) in [6.45, 7) is 1.27. The van der Waals surface area contributed by atoms with Crippen LogP contribution in [0.2, 0.25) is 0 Å². The molecule has 0 saturated carbocycles. The lowest BCUT2D eigenvalue weighted by atomic mass is 10.2. The first-order valence-corrected chi connectivity index (χ1v) is 8.44. The van der Waals surface area contributed by atoms with Crippen LogP contribution in [0.1, 0.15) is 21.5 Å². The molecule has 26 heavy (non-hydrogen) atoms. The van der Waals surface area contributed by atoms with Crippen molar-refractivity contribution in [2.45, 2.75) is 13.0 Å². The summed E-state index contributed by atoms with van der Waals surface area (Å²) in [4.78, 5) is 26.6. The van der Waals surface area contributed by atoms with Crippen LogP contribution in [0.25, 0.3) is 0 Å². The third-order valence-electron chi connectivity index (χ3n) is 4.04. The summed E-state index contributed by atoms with van der Waals surface area (Å²) in [6, 6.07) is 9.64. The van der Waals surface area contributed by atoms with E-state index in [1.807, 2.05) is 36.5 Å². The highest BCUT2D eigenvalue weighted by Gasteiger charge is 2.12. The first-order chi connectivity index (χ1) is 12.7. The zero-order valence-electron chi connectivity index (χ0n) is 14.7. The topological polar surface area (TPSA) is 71.0 Å². The Balaban J connectivity index is 1.58. The lowest BCUT2D eigenvalue weighted by Crippen LogP contribution is -2.29. The Labute approximate surface area is 153 Å². The predicted octanol–water partition coefficient (Wildman–Crippen LogP) is 2.80. The van der Waals surface area contributed by atoms with Crippen molar-refractivity contribution < 1.29 is 4.79 Å². The van der Waals surface area contributed by atoms with E-state index in [4.69, 9.17) is 0 Å². The minimum atomic E-state index is -0.0448. The maximum Gasteiger partial charge on any atom is 0.255 e. The molecule has 0 aliphatic rings. The normalized spacial score (nSPS) is 10.3. The highest BCUT2D eigenvalue weighted by Crippen LogP contribution is 2.12. The average molecular weight is 347 g/mol. The fourth-order valence-electron chi connectivity index (χ4n) is 2.53. The van der Waals surface area contributed by atoms with Crippen LogP contribution in [0.5, 0.6) is 0 Å². The SMILES string of the molecule is CN(CCc1ccncc1)C(=O)c1cncc(NCc2cccnc2)c1. The van der Waals surface area contributed by atoms with Crippen LogP contribution in [0.4, 0.5) is 5.69 Å². The lowest BCUT2D eigenvalue weighted by molar-refractivity contribution is 0.0796. The van der Waals surface area contributed by atoms with Gasteiger partial charge in [-0.2, -0.15) is 0 Å². The largest absolute Gasteiger partial charge is 0.380 e. The maximum absolute atomic E-state index is 12.6. The molecule has 0 unspecified atom stereocenters. The van der Waals surface area contributed by atoms with Gasteiger partial charge in [-0.05, 0) is 41.8 Å². The summed E-state index contributed by atoms with van der Waals surface area (Å²) in [6.07, 6.45) is 11.2. The first kappa shape index (κ1) is 17.5. The van der Waals surface area contributed by atoms with E-state index in [2.05, 4.69) is 20.3 Å². The minimum absolute atomic E-state index is 0.0448. The Morgan fingerprint density at radius 3 is 2.62 bits per heavy atom. The number of pyridine rings is 3. The van der Waals surface area contributed by atoms with Crippen molar-refractivity contribution in [2.75, 3.05) is 18.9 Å². The Bertz CT molecular complexity index is 839. The third kappa shape index (κ3) is 4.86. The van der Waals surface area contributed by atoms with Crippen LogP contribution < -0.4 is 5.32 Å². The summed E-state index contributed by atoms with van der Waals surface area (Å²) in [5.74, 6) is -0.0448. The zero-order chi connectivity index (χ0) is 18.2. The molecule has 0 bridgehead atoms. The molecule has 3 rings (SSSR count). The fourth-order valence-corrected chi connectivity index (χ4v) is 2.53. The second kappa shape index (κ2) is 8.71. The summed E-state index contributed by atoms with van der Waals surface area (Å²) >= 11 is 0. The Morgan fingerprint density at radius 1 is 1.00 bits per heavy atom. The van der Waals surface area contributed by atoms with Gasteiger partial charge in [0.25, 0.3) is 5.91 Å². The van der Waals surface area contributed by atoms with Gasteiger partial charge in [0.2, 0.25) is 0 Å². The predicted molar refractivity (Wildman–Crippen MR) is 101 cm³/mol. The number of amides is 1. The van der Waals surface area contributed by atoms with Gasteiger partial charge in [0.05, 0.1) is 11.3 Å². The molecule has 0 aromatic carbocycles. The summed E-state index contributed by atoms with van der Waals surface area (Å²) in [5, 5.41) is 3.27. The molecule has 3 heterocycles. The van der Waals surface area contributed by atoms with E-state index in [0.717, 1.165) is 23.2 Å². The third-order valence-corrected chi connectivity index (χ3v) is 4.04. The van der Waals surface area contributed by atoms with Crippen molar-refractivity contribution in [1.29, 1.82) is 0 Å². The molecule has 6 heteroatoms. The van der Waals surface area contributed by atoms with Gasteiger partial charge >= 0.3 is 0 Å². The molecule has 1 N–H and O–H groups in total. The lowest BCUT2D eigenvalue weighted by Gasteiger charge is -2.17. The van der Waals surface area contributed by atoms with E-state index >= 15 is 0 Å². The van der Waals surface area contributed by atoms with Gasteiger partial charge in [-0.3, -0.25) is 19.7 Å². The summed E-state index contributed by atoms with van der Waals surface area (Å²) in [5.41, 5.74) is 3.60. The van der Waals surface area contributed by atoms with Crippen LogP contribution in [-0.4, -0.2) is 39.4 Å². The smallest absolute Gasteiger partial charge is 0.255 e. The van der Waals surface area contributed by atoms with Gasteiger partial charge in [-0.15, -0.1) is 0 Å². The molecule has 0 radical (unpaired) electrons. The number of carbonyl (C=O) groups is 1. The van der Waals surface area contributed by atoms with Gasteiger partial charge in [0, 0.05) is 57.3 Å². The van der Waals surface area contributed by atoms with E-state index in [0.29, 0.717) is 18.7 Å². The highest BCUT2D eigenvalue weighted by molar-refractivity contribution is 5.94. The molecule has 6 nitrogen and oxygen atoms in total. The van der Waals surface area contributed by atoms with Crippen molar-refractivity contribution >= 4 is 11.6 Å².